The highest BCUT2D eigenvalue weighted by molar-refractivity contribution is 5.70. The summed E-state index contributed by atoms with van der Waals surface area (Å²) in [5.74, 6) is 1.31. The van der Waals surface area contributed by atoms with Crippen LogP contribution >= 0.6 is 0 Å². The number of aromatic hydroxyl groups is 1. The Morgan fingerprint density at radius 1 is 0.960 bits per heavy atom. The molecule has 0 saturated carbocycles. The minimum absolute atomic E-state index is 0.0280. The zero-order valence-electron chi connectivity index (χ0n) is 14.7. The van der Waals surface area contributed by atoms with E-state index >= 15 is 0 Å². The van der Waals surface area contributed by atoms with Gasteiger partial charge in [-0.2, -0.15) is 0 Å². The number of benzene rings is 2. The van der Waals surface area contributed by atoms with E-state index in [1.54, 1.807) is 12.1 Å². The van der Waals surface area contributed by atoms with Gasteiger partial charge in [0, 0.05) is 37.1 Å². The zero-order valence-corrected chi connectivity index (χ0v) is 14.7. The number of methoxy groups -OCH3 is 2. The fraction of sp³-hybridized carbons (Fsp3) is 0.211. The quantitative estimate of drug-likeness (QED) is 0.744. The van der Waals surface area contributed by atoms with E-state index in [-0.39, 0.29) is 5.75 Å². The Bertz CT molecular complexity index is 845. The maximum absolute atomic E-state index is 10.0. The number of aromatic nitrogens is 2. The van der Waals surface area contributed by atoms with Crippen molar-refractivity contribution in [2.75, 3.05) is 33.2 Å². The van der Waals surface area contributed by atoms with Gasteiger partial charge in [0.2, 0.25) is 5.75 Å². The Labute approximate surface area is 146 Å². The van der Waals surface area contributed by atoms with Crippen molar-refractivity contribution in [3.05, 3.63) is 42.6 Å². The molecule has 0 aliphatic heterocycles. The maximum Gasteiger partial charge on any atom is 0.200 e. The molecule has 25 heavy (non-hydrogen) atoms. The van der Waals surface area contributed by atoms with Gasteiger partial charge in [-0.25, -0.2) is 4.98 Å². The summed E-state index contributed by atoms with van der Waals surface area (Å²) in [7, 11) is 7.01. The van der Waals surface area contributed by atoms with Crippen LogP contribution in [0.15, 0.2) is 42.6 Å². The number of aromatic amines is 1. The molecule has 0 saturated heterocycles. The van der Waals surface area contributed by atoms with Crippen molar-refractivity contribution in [1.82, 2.24) is 9.97 Å². The lowest BCUT2D eigenvalue weighted by Crippen LogP contribution is -2.07. The van der Waals surface area contributed by atoms with Crippen LogP contribution in [0.25, 0.3) is 22.6 Å². The first-order valence-corrected chi connectivity index (χ1v) is 7.82. The minimum Gasteiger partial charge on any atom is -0.502 e. The molecular weight excluding hydrogens is 318 g/mol. The number of rotatable bonds is 5. The van der Waals surface area contributed by atoms with Crippen LogP contribution in [0.4, 0.5) is 5.69 Å². The molecule has 2 aromatic carbocycles. The van der Waals surface area contributed by atoms with Gasteiger partial charge in [-0.05, 0) is 24.3 Å². The molecule has 6 heteroatoms. The summed E-state index contributed by atoms with van der Waals surface area (Å²) >= 11 is 0. The second-order valence-corrected chi connectivity index (χ2v) is 5.81. The first-order valence-electron chi connectivity index (χ1n) is 7.82. The van der Waals surface area contributed by atoms with Crippen molar-refractivity contribution in [2.45, 2.75) is 0 Å². The highest BCUT2D eigenvalue weighted by atomic mass is 16.5. The van der Waals surface area contributed by atoms with E-state index in [2.05, 4.69) is 27.0 Å². The predicted molar refractivity (Wildman–Crippen MR) is 98.6 cm³/mol. The summed E-state index contributed by atoms with van der Waals surface area (Å²) in [6.07, 6.45) is 1.85. The summed E-state index contributed by atoms with van der Waals surface area (Å²) in [6, 6.07) is 11.6. The summed E-state index contributed by atoms with van der Waals surface area (Å²) in [5, 5.41) is 10.0. The van der Waals surface area contributed by atoms with E-state index in [9.17, 15) is 5.11 Å². The molecule has 0 fully saturated rings. The van der Waals surface area contributed by atoms with Crippen LogP contribution in [-0.4, -0.2) is 43.4 Å². The van der Waals surface area contributed by atoms with Gasteiger partial charge < -0.3 is 24.5 Å². The van der Waals surface area contributed by atoms with Crippen molar-refractivity contribution < 1.29 is 14.6 Å². The Hall–Kier alpha value is -3.15. The van der Waals surface area contributed by atoms with Crippen LogP contribution in [-0.2, 0) is 0 Å². The van der Waals surface area contributed by atoms with Crippen LogP contribution in [0.5, 0.6) is 17.2 Å². The van der Waals surface area contributed by atoms with Crippen molar-refractivity contribution in [3.63, 3.8) is 0 Å². The molecule has 2 N–H and O–H groups in total. The molecule has 1 aromatic heterocycles. The highest BCUT2D eigenvalue weighted by Gasteiger charge is 2.14. The van der Waals surface area contributed by atoms with Crippen LogP contribution < -0.4 is 14.4 Å². The molecule has 0 atom stereocenters. The molecular formula is C19H21N3O3. The number of hydrogen-bond acceptors (Lipinski definition) is 5. The average molecular weight is 339 g/mol. The average Bonchev–Trinajstić information content (AvgIpc) is 3.12. The summed E-state index contributed by atoms with van der Waals surface area (Å²) in [5.41, 5.74) is 3.76. The SMILES string of the molecule is COc1cc(-c2nc(-c3ccc(N(C)C)cc3)c[nH]2)cc(OC)c1O. The van der Waals surface area contributed by atoms with Crippen molar-refractivity contribution >= 4 is 5.69 Å². The van der Waals surface area contributed by atoms with Crippen molar-refractivity contribution in [2.24, 2.45) is 0 Å². The van der Waals surface area contributed by atoms with Crippen molar-refractivity contribution in [1.29, 1.82) is 0 Å². The van der Waals surface area contributed by atoms with Gasteiger partial charge in [-0.15, -0.1) is 0 Å². The van der Waals surface area contributed by atoms with Crippen LogP contribution in [0.2, 0.25) is 0 Å². The second-order valence-electron chi connectivity index (χ2n) is 5.81. The number of anilines is 1. The summed E-state index contributed by atoms with van der Waals surface area (Å²) in [6.45, 7) is 0. The smallest absolute Gasteiger partial charge is 0.200 e. The Morgan fingerprint density at radius 2 is 1.56 bits per heavy atom. The molecule has 6 nitrogen and oxygen atoms in total. The van der Waals surface area contributed by atoms with Gasteiger partial charge in [-0.1, -0.05) is 12.1 Å². The largest absolute Gasteiger partial charge is 0.502 e. The van der Waals surface area contributed by atoms with Gasteiger partial charge >= 0.3 is 0 Å². The fourth-order valence-electron chi connectivity index (χ4n) is 2.58. The lowest BCUT2D eigenvalue weighted by atomic mass is 10.1. The molecule has 3 rings (SSSR count). The Balaban J connectivity index is 1.96. The molecule has 0 aliphatic carbocycles. The molecule has 1 heterocycles. The fourth-order valence-corrected chi connectivity index (χ4v) is 2.58. The van der Waals surface area contributed by atoms with Gasteiger partial charge in [0.1, 0.15) is 5.82 Å². The lowest BCUT2D eigenvalue weighted by molar-refractivity contribution is 0.340. The highest BCUT2D eigenvalue weighted by Crippen LogP contribution is 2.39. The Kier molecular flexibility index (Phi) is 4.52. The predicted octanol–water partition coefficient (Wildman–Crippen LogP) is 3.53. The minimum atomic E-state index is -0.0280. The number of H-pyrrole nitrogens is 1. The molecule has 130 valence electrons. The Morgan fingerprint density at radius 3 is 2.08 bits per heavy atom. The van der Waals surface area contributed by atoms with Crippen LogP contribution in [0.1, 0.15) is 0 Å². The van der Waals surface area contributed by atoms with Crippen LogP contribution in [0.3, 0.4) is 0 Å². The molecule has 0 spiro atoms. The second kappa shape index (κ2) is 6.76. The standard InChI is InChI=1S/C19H21N3O3/c1-22(2)14-7-5-12(6-8-14)15-11-20-19(21-15)13-9-16(24-3)18(23)17(10-13)25-4/h5-11,23H,1-4H3,(H,20,21). The van der Waals surface area contributed by atoms with Gasteiger partial charge in [-0.3, -0.25) is 0 Å². The maximum atomic E-state index is 10.0. The number of ether oxygens (including phenoxy) is 2. The first kappa shape index (κ1) is 16.7. The number of phenolic OH excluding ortho intramolecular Hbond substituents is 1. The summed E-state index contributed by atoms with van der Waals surface area (Å²) < 4.78 is 10.4. The molecule has 0 bridgehead atoms. The van der Waals surface area contributed by atoms with Crippen LogP contribution in [0, 0.1) is 0 Å². The first-order chi connectivity index (χ1) is 12.0. The lowest BCUT2D eigenvalue weighted by Gasteiger charge is -2.12. The van der Waals surface area contributed by atoms with Crippen molar-refractivity contribution in [3.8, 4) is 39.9 Å². The normalized spacial score (nSPS) is 10.6. The number of nitrogens with one attached hydrogen (secondary N) is 1. The summed E-state index contributed by atoms with van der Waals surface area (Å²) in [4.78, 5) is 9.86. The van der Waals surface area contributed by atoms with Gasteiger partial charge in [0.25, 0.3) is 0 Å². The molecule has 0 amide bonds. The van der Waals surface area contributed by atoms with Gasteiger partial charge in [0.05, 0.1) is 19.9 Å². The molecule has 3 aromatic rings. The zero-order chi connectivity index (χ0) is 18.0. The number of imidazole rings is 1. The third kappa shape index (κ3) is 3.24. The van der Waals surface area contributed by atoms with E-state index in [1.807, 2.05) is 32.4 Å². The number of hydrogen-bond donors (Lipinski definition) is 2. The number of nitrogens with zero attached hydrogens (tertiary/aromatic N) is 2. The van der Waals surface area contributed by atoms with E-state index < -0.39 is 0 Å². The third-order valence-electron chi connectivity index (χ3n) is 4.01. The van der Waals surface area contributed by atoms with E-state index in [0.717, 1.165) is 22.5 Å². The topological polar surface area (TPSA) is 70.6 Å². The van der Waals surface area contributed by atoms with E-state index in [4.69, 9.17) is 9.47 Å². The monoisotopic (exact) mass is 339 g/mol. The van der Waals surface area contributed by atoms with E-state index in [1.165, 1.54) is 14.2 Å². The molecule has 0 radical (unpaired) electrons. The molecule has 0 aliphatic rings. The molecule has 0 unspecified atom stereocenters. The third-order valence-corrected chi connectivity index (χ3v) is 4.01. The van der Waals surface area contributed by atoms with Gasteiger partial charge in [0.15, 0.2) is 11.5 Å². The van der Waals surface area contributed by atoms with E-state index in [0.29, 0.717) is 17.3 Å². The number of phenols is 1.